The fraction of sp³-hybridized carbons (Fsp3) is 0.435. The SMILES string of the molecule is O=C(Cc1cccc(OC(F)F)c1)C1CC2CCC(C1)N2Cc1ccccc1. The van der Waals surface area contributed by atoms with Gasteiger partial charge in [0.25, 0.3) is 0 Å². The van der Waals surface area contributed by atoms with Gasteiger partial charge in [0, 0.05) is 31.0 Å². The van der Waals surface area contributed by atoms with Crippen LogP contribution in [0.25, 0.3) is 0 Å². The number of fused-ring (bicyclic) bond motifs is 2. The highest BCUT2D eigenvalue weighted by atomic mass is 19.3. The molecule has 2 aromatic carbocycles. The molecule has 148 valence electrons. The number of hydrogen-bond donors (Lipinski definition) is 0. The molecule has 2 bridgehead atoms. The lowest BCUT2D eigenvalue weighted by Gasteiger charge is -2.38. The third-order valence-corrected chi connectivity index (χ3v) is 6.05. The van der Waals surface area contributed by atoms with Crippen molar-refractivity contribution in [3.05, 3.63) is 65.7 Å². The minimum Gasteiger partial charge on any atom is -0.435 e. The summed E-state index contributed by atoms with van der Waals surface area (Å²) >= 11 is 0. The van der Waals surface area contributed by atoms with Crippen LogP contribution in [-0.2, 0) is 17.8 Å². The van der Waals surface area contributed by atoms with E-state index >= 15 is 0 Å². The maximum atomic E-state index is 12.9. The van der Waals surface area contributed by atoms with Crippen LogP contribution in [0.4, 0.5) is 8.78 Å². The van der Waals surface area contributed by atoms with E-state index in [4.69, 9.17) is 0 Å². The third kappa shape index (κ3) is 4.41. The number of rotatable bonds is 7. The van der Waals surface area contributed by atoms with Crippen LogP contribution < -0.4 is 4.74 Å². The second-order valence-electron chi connectivity index (χ2n) is 7.88. The summed E-state index contributed by atoms with van der Waals surface area (Å²) in [6.07, 6.45) is 4.38. The molecule has 0 spiro atoms. The van der Waals surface area contributed by atoms with Crippen molar-refractivity contribution in [3.8, 4) is 5.75 Å². The lowest BCUT2D eigenvalue weighted by Crippen LogP contribution is -2.44. The Balaban J connectivity index is 1.37. The highest BCUT2D eigenvalue weighted by molar-refractivity contribution is 5.83. The van der Waals surface area contributed by atoms with Gasteiger partial charge >= 0.3 is 6.61 Å². The van der Waals surface area contributed by atoms with Crippen molar-refractivity contribution in [1.29, 1.82) is 0 Å². The van der Waals surface area contributed by atoms with Crippen LogP contribution in [0, 0.1) is 5.92 Å². The lowest BCUT2D eigenvalue weighted by atomic mass is 9.85. The van der Waals surface area contributed by atoms with Gasteiger partial charge in [0.05, 0.1) is 0 Å². The van der Waals surface area contributed by atoms with Gasteiger partial charge in [-0.3, -0.25) is 9.69 Å². The summed E-state index contributed by atoms with van der Waals surface area (Å²) in [4.78, 5) is 15.4. The van der Waals surface area contributed by atoms with Gasteiger partial charge in [0.2, 0.25) is 0 Å². The topological polar surface area (TPSA) is 29.5 Å². The molecular weight excluding hydrogens is 360 g/mol. The Hall–Kier alpha value is -2.27. The molecule has 0 saturated carbocycles. The van der Waals surface area contributed by atoms with Crippen molar-refractivity contribution < 1.29 is 18.3 Å². The smallest absolute Gasteiger partial charge is 0.387 e. The van der Waals surface area contributed by atoms with Crippen molar-refractivity contribution in [2.75, 3.05) is 0 Å². The Morgan fingerprint density at radius 1 is 1.00 bits per heavy atom. The minimum absolute atomic E-state index is 0.0594. The number of carbonyl (C=O) groups excluding carboxylic acids is 1. The molecule has 0 radical (unpaired) electrons. The van der Waals surface area contributed by atoms with E-state index in [1.54, 1.807) is 18.2 Å². The summed E-state index contributed by atoms with van der Waals surface area (Å²) in [6, 6.07) is 17.9. The zero-order chi connectivity index (χ0) is 19.5. The van der Waals surface area contributed by atoms with Crippen LogP contribution in [-0.4, -0.2) is 29.4 Å². The van der Waals surface area contributed by atoms with Crippen LogP contribution in [0.1, 0.15) is 36.8 Å². The average molecular weight is 385 g/mol. The molecule has 2 saturated heterocycles. The number of ketones is 1. The molecule has 4 rings (SSSR count). The highest BCUT2D eigenvalue weighted by Gasteiger charge is 2.42. The fourth-order valence-electron chi connectivity index (χ4n) is 4.77. The molecule has 2 aliphatic heterocycles. The number of nitrogens with zero attached hydrogens (tertiary/aromatic N) is 1. The number of piperidine rings is 1. The van der Waals surface area contributed by atoms with E-state index < -0.39 is 6.61 Å². The molecule has 28 heavy (non-hydrogen) atoms. The van der Waals surface area contributed by atoms with Crippen molar-refractivity contribution in [2.45, 2.75) is 57.3 Å². The summed E-state index contributed by atoms with van der Waals surface area (Å²) in [5.74, 6) is 0.382. The number of carbonyl (C=O) groups is 1. The molecule has 0 amide bonds. The van der Waals surface area contributed by atoms with E-state index in [0.29, 0.717) is 12.1 Å². The number of ether oxygens (including phenoxy) is 1. The highest BCUT2D eigenvalue weighted by Crippen LogP contribution is 2.40. The van der Waals surface area contributed by atoms with Crippen LogP contribution in [0.3, 0.4) is 0 Å². The predicted molar refractivity (Wildman–Crippen MR) is 103 cm³/mol. The maximum absolute atomic E-state index is 12.9. The molecule has 2 heterocycles. The van der Waals surface area contributed by atoms with Gasteiger partial charge in [-0.25, -0.2) is 0 Å². The Morgan fingerprint density at radius 2 is 1.68 bits per heavy atom. The van der Waals surface area contributed by atoms with E-state index in [0.717, 1.165) is 37.8 Å². The first kappa shape index (κ1) is 19.1. The molecule has 0 aliphatic carbocycles. The summed E-state index contributed by atoms with van der Waals surface area (Å²) < 4.78 is 29.2. The Kier molecular flexibility index (Phi) is 5.72. The van der Waals surface area contributed by atoms with Crippen LogP contribution in [0.5, 0.6) is 5.75 Å². The van der Waals surface area contributed by atoms with Crippen molar-refractivity contribution in [1.82, 2.24) is 4.90 Å². The summed E-state index contributed by atoms with van der Waals surface area (Å²) in [7, 11) is 0. The van der Waals surface area contributed by atoms with Gasteiger partial charge in [-0.05, 0) is 48.9 Å². The zero-order valence-electron chi connectivity index (χ0n) is 15.8. The minimum atomic E-state index is -2.85. The number of halogens is 2. The van der Waals surface area contributed by atoms with Gasteiger partial charge in [-0.15, -0.1) is 0 Å². The molecule has 3 nitrogen and oxygen atoms in total. The van der Waals surface area contributed by atoms with Gasteiger partial charge in [0.15, 0.2) is 0 Å². The number of hydrogen-bond acceptors (Lipinski definition) is 3. The van der Waals surface area contributed by atoms with Crippen molar-refractivity contribution in [2.24, 2.45) is 5.92 Å². The van der Waals surface area contributed by atoms with Crippen LogP contribution >= 0.6 is 0 Å². The largest absolute Gasteiger partial charge is 0.435 e. The van der Waals surface area contributed by atoms with Gasteiger partial charge in [0.1, 0.15) is 11.5 Å². The molecule has 2 aromatic rings. The van der Waals surface area contributed by atoms with E-state index in [-0.39, 0.29) is 23.9 Å². The maximum Gasteiger partial charge on any atom is 0.387 e. The number of benzene rings is 2. The van der Waals surface area contributed by atoms with E-state index in [9.17, 15) is 13.6 Å². The van der Waals surface area contributed by atoms with E-state index in [1.807, 2.05) is 6.07 Å². The first-order chi connectivity index (χ1) is 13.6. The Bertz CT molecular complexity index is 797. The summed E-state index contributed by atoms with van der Waals surface area (Å²) in [6.45, 7) is -1.90. The van der Waals surface area contributed by atoms with E-state index in [1.165, 1.54) is 11.6 Å². The predicted octanol–water partition coefficient (Wildman–Crippen LogP) is 4.84. The molecule has 2 aliphatic rings. The van der Waals surface area contributed by atoms with Crippen molar-refractivity contribution in [3.63, 3.8) is 0 Å². The van der Waals surface area contributed by atoms with Gasteiger partial charge < -0.3 is 4.74 Å². The monoisotopic (exact) mass is 385 g/mol. The van der Waals surface area contributed by atoms with E-state index in [2.05, 4.69) is 33.9 Å². The zero-order valence-corrected chi connectivity index (χ0v) is 15.8. The molecule has 2 fully saturated rings. The van der Waals surface area contributed by atoms with Crippen LogP contribution in [0.15, 0.2) is 54.6 Å². The number of Topliss-reactive ketones (excluding diaryl/α,β-unsaturated/α-hetero) is 1. The van der Waals surface area contributed by atoms with Gasteiger partial charge in [-0.2, -0.15) is 8.78 Å². The molecular formula is C23H25F2NO2. The standard InChI is InChI=1S/C23H25F2NO2/c24-23(25)28-21-8-4-7-17(11-21)12-22(27)18-13-19-9-10-20(14-18)26(19)15-16-5-2-1-3-6-16/h1-8,11,18-20,23H,9-10,12-15H2. The summed E-state index contributed by atoms with van der Waals surface area (Å²) in [5, 5.41) is 0. The Morgan fingerprint density at radius 3 is 2.36 bits per heavy atom. The first-order valence-electron chi connectivity index (χ1n) is 9.94. The molecule has 5 heteroatoms. The second kappa shape index (κ2) is 8.39. The Labute approximate surface area is 164 Å². The summed E-state index contributed by atoms with van der Waals surface area (Å²) in [5.41, 5.74) is 2.06. The molecule has 0 N–H and O–H groups in total. The average Bonchev–Trinajstić information content (AvgIpc) is 2.89. The van der Waals surface area contributed by atoms with Gasteiger partial charge in [-0.1, -0.05) is 42.5 Å². The fourth-order valence-corrected chi connectivity index (χ4v) is 4.77. The molecule has 2 atom stereocenters. The normalized spacial score (nSPS) is 24.5. The number of alkyl halides is 2. The lowest BCUT2D eigenvalue weighted by molar-refractivity contribution is -0.124. The quantitative estimate of drug-likeness (QED) is 0.683. The molecule has 2 unspecified atom stereocenters. The second-order valence-corrected chi connectivity index (χ2v) is 7.88. The molecule has 0 aromatic heterocycles. The van der Waals surface area contributed by atoms with Crippen LogP contribution in [0.2, 0.25) is 0 Å². The first-order valence-corrected chi connectivity index (χ1v) is 9.94. The third-order valence-electron chi connectivity index (χ3n) is 6.05. The van der Waals surface area contributed by atoms with Crippen molar-refractivity contribution >= 4 is 5.78 Å².